The number of hydrogen-bond acceptors (Lipinski definition) is 4. The number of rotatable bonds is 4. The second kappa shape index (κ2) is 6.54. The summed E-state index contributed by atoms with van der Waals surface area (Å²) >= 11 is 5.36. The topological polar surface area (TPSA) is 29.5 Å². The molecule has 1 saturated heterocycles. The van der Waals surface area contributed by atoms with Gasteiger partial charge in [0.05, 0.1) is 11.4 Å². The van der Waals surface area contributed by atoms with E-state index in [4.69, 9.17) is 16.3 Å². The van der Waals surface area contributed by atoms with Gasteiger partial charge in [0.1, 0.15) is 0 Å². The highest BCUT2D eigenvalue weighted by atomic mass is 33.1. The summed E-state index contributed by atoms with van der Waals surface area (Å²) in [6, 6.07) is 8.56. The third kappa shape index (κ3) is 4.07. The standard InChI is InChI=1S/C15H23O2PS3/c1-10(2)18(16,19)17-14-13(20-21-15(14,4)5)12-8-6-11(3)7-9-12/h6-10,13-14H,1-5H3,(H,16,19)/t13-,14-,18?/m0/s1. The van der Waals surface area contributed by atoms with E-state index < -0.39 is 6.49 Å². The molecule has 1 aromatic carbocycles. The molecule has 6 heteroatoms. The summed E-state index contributed by atoms with van der Waals surface area (Å²) in [6.07, 6.45) is -0.0755. The van der Waals surface area contributed by atoms with Crippen molar-refractivity contribution in [2.75, 3.05) is 0 Å². The summed E-state index contributed by atoms with van der Waals surface area (Å²) in [6.45, 7) is 7.53. The van der Waals surface area contributed by atoms with Crippen molar-refractivity contribution in [3.8, 4) is 0 Å². The van der Waals surface area contributed by atoms with Crippen LogP contribution in [-0.2, 0) is 16.3 Å². The van der Waals surface area contributed by atoms with Crippen molar-refractivity contribution < 1.29 is 9.42 Å². The van der Waals surface area contributed by atoms with Crippen molar-refractivity contribution >= 4 is 39.9 Å². The highest BCUT2D eigenvalue weighted by Crippen LogP contribution is 2.63. The molecule has 1 aliphatic heterocycles. The van der Waals surface area contributed by atoms with E-state index in [9.17, 15) is 4.89 Å². The fourth-order valence-corrected chi connectivity index (χ4v) is 6.93. The summed E-state index contributed by atoms with van der Waals surface area (Å²) in [5.74, 6) is 0. The molecule has 1 fully saturated rings. The lowest BCUT2D eigenvalue weighted by molar-refractivity contribution is 0.166. The Morgan fingerprint density at radius 2 is 1.86 bits per heavy atom. The molecule has 21 heavy (non-hydrogen) atoms. The van der Waals surface area contributed by atoms with E-state index in [1.807, 2.05) is 35.4 Å². The molecule has 0 spiro atoms. The first-order valence-electron chi connectivity index (χ1n) is 7.05. The molecule has 0 radical (unpaired) electrons. The molecule has 1 N–H and O–H groups in total. The fourth-order valence-electron chi connectivity index (χ4n) is 2.09. The van der Waals surface area contributed by atoms with Crippen LogP contribution in [0.25, 0.3) is 0 Å². The Morgan fingerprint density at radius 1 is 1.29 bits per heavy atom. The van der Waals surface area contributed by atoms with E-state index in [1.165, 1.54) is 11.1 Å². The molecule has 2 nitrogen and oxygen atoms in total. The predicted molar refractivity (Wildman–Crippen MR) is 99.7 cm³/mol. The first kappa shape index (κ1) is 17.8. The molecular formula is C15H23O2PS3. The monoisotopic (exact) mass is 362 g/mol. The van der Waals surface area contributed by atoms with Crippen LogP contribution in [0.2, 0.25) is 0 Å². The number of hydrogen-bond donors (Lipinski definition) is 1. The van der Waals surface area contributed by atoms with Gasteiger partial charge in [-0.2, -0.15) is 0 Å². The van der Waals surface area contributed by atoms with Crippen LogP contribution < -0.4 is 0 Å². The van der Waals surface area contributed by atoms with Crippen LogP contribution in [0.3, 0.4) is 0 Å². The van der Waals surface area contributed by atoms with Crippen LogP contribution in [0.15, 0.2) is 24.3 Å². The second-order valence-corrected chi connectivity index (χ2v) is 13.2. The smallest absolute Gasteiger partial charge is 0.189 e. The largest absolute Gasteiger partial charge is 0.345 e. The van der Waals surface area contributed by atoms with E-state index in [-0.39, 0.29) is 21.8 Å². The average molecular weight is 363 g/mol. The minimum atomic E-state index is -2.75. The summed E-state index contributed by atoms with van der Waals surface area (Å²) in [7, 11) is 3.64. The third-order valence-corrected chi connectivity index (χ3v) is 10.7. The quantitative estimate of drug-likeness (QED) is 0.579. The maximum absolute atomic E-state index is 10.5. The van der Waals surface area contributed by atoms with Crippen LogP contribution in [0.4, 0.5) is 0 Å². The lowest BCUT2D eigenvalue weighted by atomic mass is 9.97. The zero-order valence-corrected chi connectivity index (χ0v) is 16.4. The minimum Gasteiger partial charge on any atom is -0.345 e. The Labute approximate surface area is 141 Å². The number of aryl methyl sites for hydroxylation is 1. The van der Waals surface area contributed by atoms with Gasteiger partial charge in [-0.15, -0.1) is 0 Å². The first-order chi connectivity index (χ1) is 9.63. The molecule has 0 amide bonds. The average Bonchev–Trinajstić information content (AvgIpc) is 2.66. The maximum Gasteiger partial charge on any atom is 0.189 e. The van der Waals surface area contributed by atoms with Crippen LogP contribution in [0.5, 0.6) is 0 Å². The van der Waals surface area contributed by atoms with Gasteiger partial charge in [0, 0.05) is 10.4 Å². The molecule has 1 unspecified atom stereocenters. The van der Waals surface area contributed by atoms with Gasteiger partial charge in [-0.3, -0.25) is 0 Å². The zero-order chi connectivity index (χ0) is 15.8. The van der Waals surface area contributed by atoms with E-state index in [0.29, 0.717) is 0 Å². The van der Waals surface area contributed by atoms with Crippen molar-refractivity contribution in [1.29, 1.82) is 0 Å². The molecule has 0 bridgehead atoms. The van der Waals surface area contributed by atoms with Gasteiger partial charge in [-0.05, 0) is 38.1 Å². The van der Waals surface area contributed by atoms with E-state index >= 15 is 0 Å². The zero-order valence-electron chi connectivity index (χ0n) is 13.1. The molecule has 3 atom stereocenters. The Hall–Kier alpha value is 0.490. The molecule has 0 saturated carbocycles. The Kier molecular flexibility index (Phi) is 5.56. The minimum absolute atomic E-state index is 0.0161. The van der Waals surface area contributed by atoms with E-state index in [2.05, 4.69) is 45.0 Å². The van der Waals surface area contributed by atoms with Gasteiger partial charge in [0.2, 0.25) is 0 Å². The first-order valence-corrected chi connectivity index (χ1v) is 12.0. The molecule has 0 aliphatic carbocycles. The highest BCUT2D eigenvalue weighted by Gasteiger charge is 2.47. The summed E-state index contributed by atoms with van der Waals surface area (Å²) in [5, 5.41) is 0.207. The Bertz CT molecular complexity index is 542. The van der Waals surface area contributed by atoms with Crippen LogP contribution in [-0.4, -0.2) is 21.4 Å². The Balaban J connectivity index is 2.29. The van der Waals surface area contributed by atoms with Crippen molar-refractivity contribution in [3.63, 3.8) is 0 Å². The molecule has 1 aliphatic rings. The van der Waals surface area contributed by atoms with Gasteiger partial charge in [-0.25, -0.2) is 0 Å². The van der Waals surface area contributed by atoms with Gasteiger partial charge in [0.25, 0.3) is 0 Å². The highest BCUT2D eigenvalue weighted by molar-refractivity contribution is 8.77. The lowest BCUT2D eigenvalue weighted by Gasteiger charge is -2.33. The number of benzene rings is 1. The van der Waals surface area contributed by atoms with E-state index in [0.717, 1.165) is 0 Å². The molecule has 1 aromatic rings. The second-order valence-electron chi connectivity index (χ2n) is 6.30. The fraction of sp³-hybridized carbons (Fsp3) is 0.600. The van der Waals surface area contributed by atoms with Crippen molar-refractivity contribution in [2.45, 2.75) is 56.4 Å². The van der Waals surface area contributed by atoms with Crippen LogP contribution in [0.1, 0.15) is 44.1 Å². The van der Waals surface area contributed by atoms with Gasteiger partial charge < -0.3 is 9.42 Å². The summed E-state index contributed by atoms with van der Waals surface area (Å²) in [4.78, 5) is 10.5. The van der Waals surface area contributed by atoms with Crippen molar-refractivity contribution in [2.24, 2.45) is 0 Å². The summed E-state index contributed by atoms with van der Waals surface area (Å²) < 4.78 is 6.05. The van der Waals surface area contributed by atoms with Crippen molar-refractivity contribution in [1.82, 2.24) is 0 Å². The summed E-state index contributed by atoms with van der Waals surface area (Å²) in [5.41, 5.74) is 2.48. The molecule has 1 heterocycles. The predicted octanol–water partition coefficient (Wildman–Crippen LogP) is 5.31. The van der Waals surface area contributed by atoms with Crippen molar-refractivity contribution in [3.05, 3.63) is 35.4 Å². The Morgan fingerprint density at radius 3 is 2.38 bits per heavy atom. The van der Waals surface area contributed by atoms with Gasteiger partial charge in [0.15, 0.2) is 6.49 Å². The van der Waals surface area contributed by atoms with Gasteiger partial charge >= 0.3 is 0 Å². The van der Waals surface area contributed by atoms with E-state index in [1.54, 1.807) is 0 Å². The molecular weight excluding hydrogens is 339 g/mol. The SMILES string of the molecule is Cc1ccc([C@@H]2SSC(C)(C)[C@H]2OP(O)(=S)C(C)C)cc1. The lowest BCUT2D eigenvalue weighted by Crippen LogP contribution is -2.34. The van der Waals surface area contributed by atoms with Crippen LogP contribution in [0, 0.1) is 6.92 Å². The maximum atomic E-state index is 10.5. The normalized spacial score (nSPS) is 27.8. The van der Waals surface area contributed by atoms with Gasteiger partial charge in [-0.1, -0.05) is 65.3 Å². The molecule has 0 aromatic heterocycles. The van der Waals surface area contributed by atoms with Crippen LogP contribution >= 0.6 is 28.1 Å². The third-order valence-electron chi connectivity index (χ3n) is 3.65. The molecule has 118 valence electrons. The molecule has 2 rings (SSSR count).